The quantitative estimate of drug-likeness (QED) is 0.334. The Morgan fingerprint density at radius 2 is 2.06 bits per heavy atom. The van der Waals surface area contributed by atoms with Crippen LogP contribution in [0.3, 0.4) is 0 Å². The van der Waals surface area contributed by atoms with E-state index in [1.807, 2.05) is 29.6 Å². The van der Waals surface area contributed by atoms with Gasteiger partial charge >= 0.3 is 0 Å². The first-order valence-electron chi connectivity index (χ1n) is 11.5. The van der Waals surface area contributed by atoms with E-state index in [4.69, 9.17) is 19.2 Å². The van der Waals surface area contributed by atoms with E-state index in [-0.39, 0.29) is 12.2 Å². The lowest BCUT2D eigenvalue weighted by Crippen LogP contribution is -2.36. The zero-order valence-corrected chi connectivity index (χ0v) is 21.2. The van der Waals surface area contributed by atoms with Gasteiger partial charge in [0.25, 0.3) is 5.56 Å². The van der Waals surface area contributed by atoms with Crippen LogP contribution in [0.2, 0.25) is 0 Å². The maximum atomic E-state index is 13.1. The van der Waals surface area contributed by atoms with Crippen LogP contribution < -0.4 is 10.3 Å². The highest BCUT2D eigenvalue weighted by Gasteiger charge is 2.17. The van der Waals surface area contributed by atoms with E-state index in [0.717, 1.165) is 23.3 Å². The van der Waals surface area contributed by atoms with Crippen LogP contribution in [0.15, 0.2) is 34.4 Å². The Hall–Kier alpha value is -2.30. The van der Waals surface area contributed by atoms with Crippen molar-refractivity contribution >= 4 is 21.6 Å². The maximum Gasteiger partial charge on any atom is 0.260 e. The average molecular weight is 490 g/mol. The third-order valence-corrected chi connectivity index (χ3v) is 6.17. The fraction of sp³-hybridized carbons (Fsp3) is 0.520. The first-order valence-corrected chi connectivity index (χ1v) is 12.4. The number of hydrogen-bond donors (Lipinski definition) is 2. The smallest absolute Gasteiger partial charge is 0.260 e. The summed E-state index contributed by atoms with van der Waals surface area (Å²) < 4.78 is 16.1. The minimum Gasteiger partial charge on any atom is -0.497 e. The van der Waals surface area contributed by atoms with Crippen molar-refractivity contribution in [2.75, 3.05) is 47.1 Å². The summed E-state index contributed by atoms with van der Waals surface area (Å²) in [6, 6.07) is 7.65. The van der Waals surface area contributed by atoms with Gasteiger partial charge in [0.1, 0.15) is 16.4 Å². The molecule has 9 heteroatoms. The minimum atomic E-state index is -0.627. The lowest BCUT2D eigenvalue weighted by Gasteiger charge is -2.24. The number of nitrogens with zero attached hydrogens (tertiary/aromatic N) is 2. The zero-order chi connectivity index (χ0) is 24.5. The number of nitrogens with one attached hydrogen (secondary N) is 1. The van der Waals surface area contributed by atoms with Gasteiger partial charge in [0.2, 0.25) is 0 Å². The van der Waals surface area contributed by atoms with Crippen molar-refractivity contribution in [3.63, 3.8) is 0 Å². The van der Waals surface area contributed by atoms with Crippen LogP contribution in [0, 0.1) is 5.92 Å². The molecule has 0 radical (unpaired) electrons. The van der Waals surface area contributed by atoms with Crippen molar-refractivity contribution in [2.24, 2.45) is 5.92 Å². The Balaban J connectivity index is 1.78. The third-order valence-electron chi connectivity index (χ3n) is 5.30. The number of hydrogen-bond acceptors (Lipinski definition) is 8. The predicted molar refractivity (Wildman–Crippen MR) is 136 cm³/mol. The van der Waals surface area contributed by atoms with Crippen LogP contribution >= 0.6 is 11.3 Å². The molecule has 3 aromatic rings. The number of aromatic nitrogens is 2. The number of ether oxygens (including phenoxy) is 3. The number of aliphatic hydroxyl groups excluding tert-OH is 1. The molecule has 2 aromatic heterocycles. The molecule has 0 spiro atoms. The summed E-state index contributed by atoms with van der Waals surface area (Å²) in [6.45, 7) is 7.20. The van der Waals surface area contributed by atoms with Gasteiger partial charge in [-0.25, -0.2) is 4.98 Å². The SMILES string of the molecule is COCCCN(Cc1nc2scc(-c3cccc(OC)c3)c2c(=O)[nH]1)CC(O)COCC(C)C. The highest BCUT2D eigenvalue weighted by atomic mass is 32.1. The van der Waals surface area contributed by atoms with E-state index in [1.54, 1.807) is 14.2 Å². The largest absolute Gasteiger partial charge is 0.497 e. The summed E-state index contributed by atoms with van der Waals surface area (Å²) in [6.07, 6.45) is 0.180. The fourth-order valence-corrected chi connectivity index (χ4v) is 4.71. The first kappa shape index (κ1) is 26.3. The second-order valence-corrected chi connectivity index (χ2v) is 9.60. The first-order chi connectivity index (χ1) is 16.4. The Labute approximate surface area is 204 Å². The van der Waals surface area contributed by atoms with Crippen molar-refractivity contribution in [3.8, 4) is 16.9 Å². The molecule has 2 N–H and O–H groups in total. The van der Waals surface area contributed by atoms with Gasteiger partial charge < -0.3 is 24.3 Å². The summed E-state index contributed by atoms with van der Waals surface area (Å²) in [5, 5.41) is 13.0. The normalized spacial score (nSPS) is 12.7. The summed E-state index contributed by atoms with van der Waals surface area (Å²) in [5.41, 5.74) is 1.59. The molecule has 186 valence electrons. The number of aromatic amines is 1. The van der Waals surface area contributed by atoms with E-state index in [9.17, 15) is 9.90 Å². The molecule has 0 aliphatic carbocycles. The van der Waals surface area contributed by atoms with Gasteiger partial charge in [-0.05, 0) is 30.0 Å². The van der Waals surface area contributed by atoms with Crippen LogP contribution in [0.5, 0.6) is 5.75 Å². The van der Waals surface area contributed by atoms with Gasteiger partial charge in [0, 0.05) is 44.4 Å². The van der Waals surface area contributed by atoms with Gasteiger partial charge in [-0.15, -0.1) is 11.3 Å². The van der Waals surface area contributed by atoms with Gasteiger partial charge in [0.05, 0.1) is 31.8 Å². The maximum absolute atomic E-state index is 13.1. The molecule has 2 heterocycles. The molecule has 0 aliphatic heterocycles. The topological polar surface area (TPSA) is 96.9 Å². The Morgan fingerprint density at radius 1 is 1.24 bits per heavy atom. The van der Waals surface area contributed by atoms with Crippen LogP contribution in [-0.4, -0.2) is 73.2 Å². The highest BCUT2D eigenvalue weighted by Crippen LogP contribution is 2.32. The van der Waals surface area contributed by atoms with Crippen LogP contribution in [-0.2, 0) is 16.0 Å². The summed E-state index contributed by atoms with van der Waals surface area (Å²) >= 11 is 1.45. The Morgan fingerprint density at radius 3 is 2.79 bits per heavy atom. The number of H-pyrrole nitrogens is 1. The van der Waals surface area contributed by atoms with Crippen LogP contribution in [0.4, 0.5) is 0 Å². The summed E-state index contributed by atoms with van der Waals surface area (Å²) in [4.78, 5) is 23.5. The monoisotopic (exact) mass is 489 g/mol. The molecule has 34 heavy (non-hydrogen) atoms. The van der Waals surface area contributed by atoms with Gasteiger partial charge in [-0.3, -0.25) is 9.69 Å². The minimum absolute atomic E-state index is 0.170. The van der Waals surface area contributed by atoms with Crippen LogP contribution in [0.25, 0.3) is 21.3 Å². The second kappa shape index (κ2) is 13.0. The molecular formula is C25H35N3O5S. The van der Waals surface area contributed by atoms with Crippen molar-refractivity contribution in [1.82, 2.24) is 14.9 Å². The average Bonchev–Trinajstić information content (AvgIpc) is 3.23. The van der Waals surface area contributed by atoms with Gasteiger partial charge in [-0.1, -0.05) is 26.0 Å². The molecule has 1 atom stereocenters. The molecule has 1 unspecified atom stereocenters. The number of fused-ring (bicyclic) bond motifs is 1. The standard InChI is InChI=1S/C25H35N3O5S/c1-17(2)14-33-15-19(29)12-28(9-6-10-31-3)13-22-26-24(30)23-21(16-34-25(23)27-22)18-7-5-8-20(11-18)32-4/h5,7-8,11,16-17,19,29H,6,9-10,12-15H2,1-4H3,(H,26,27,30). The van der Waals surface area contributed by atoms with Crippen molar-refractivity contribution in [1.29, 1.82) is 0 Å². The number of benzene rings is 1. The lowest BCUT2D eigenvalue weighted by atomic mass is 10.1. The third kappa shape index (κ3) is 7.35. The highest BCUT2D eigenvalue weighted by molar-refractivity contribution is 7.17. The van der Waals surface area contributed by atoms with E-state index >= 15 is 0 Å². The molecule has 8 nitrogen and oxygen atoms in total. The molecule has 0 saturated carbocycles. The second-order valence-electron chi connectivity index (χ2n) is 8.74. The molecule has 0 fully saturated rings. The summed E-state index contributed by atoms with van der Waals surface area (Å²) in [5.74, 6) is 1.73. The van der Waals surface area contributed by atoms with Crippen molar-refractivity contribution in [3.05, 3.63) is 45.8 Å². The van der Waals surface area contributed by atoms with Gasteiger partial charge in [-0.2, -0.15) is 0 Å². The van der Waals surface area contributed by atoms with E-state index in [1.165, 1.54) is 11.3 Å². The number of aliphatic hydroxyl groups is 1. The molecule has 0 aliphatic rings. The van der Waals surface area contributed by atoms with Crippen LogP contribution in [0.1, 0.15) is 26.1 Å². The Bertz CT molecular complexity index is 1100. The molecule has 0 amide bonds. The summed E-state index contributed by atoms with van der Waals surface area (Å²) in [7, 11) is 3.29. The zero-order valence-electron chi connectivity index (χ0n) is 20.4. The molecule has 0 saturated heterocycles. The lowest BCUT2D eigenvalue weighted by molar-refractivity contribution is 0.00544. The number of rotatable bonds is 14. The van der Waals surface area contributed by atoms with Crippen molar-refractivity contribution < 1.29 is 19.3 Å². The van der Waals surface area contributed by atoms with Crippen molar-refractivity contribution in [2.45, 2.75) is 32.9 Å². The molecular weight excluding hydrogens is 454 g/mol. The van der Waals surface area contributed by atoms with E-state index in [2.05, 4.69) is 23.7 Å². The Kier molecular flexibility index (Phi) is 10.0. The fourth-order valence-electron chi connectivity index (χ4n) is 3.74. The van der Waals surface area contributed by atoms with E-state index < -0.39 is 6.10 Å². The van der Waals surface area contributed by atoms with E-state index in [0.29, 0.717) is 54.8 Å². The predicted octanol–water partition coefficient (Wildman–Crippen LogP) is 3.53. The number of methoxy groups -OCH3 is 2. The molecule has 0 bridgehead atoms. The number of thiophene rings is 1. The van der Waals surface area contributed by atoms with Gasteiger partial charge in [0.15, 0.2) is 0 Å². The molecule has 1 aromatic carbocycles. The molecule has 3 rings (SSSR count).